The van der Waals surface area contributed by atoms with Gasteiger partial charge in [-0.25, -0.2) is 14.6 Å². The predicted octanol–water partition coefficient (Wildman–Crippen LogP) is 4.58. The number of benzene rings is 2. The average Bonchev–Trinajstić information content (AvgIpc) is 3.33. The van der Waals surface area contributed by atoms with Crippen molar-refractivity contribution in [1.29, 1.82) is 0 Å². The number of nitrogens with one attached hydrogen (secondary N) is 1. The lowest BCUT2D eigenvalue weighted by atomic mass is 9.86. The van der Waals surface area contributed by atoms with E-state index in [0.717, 1.165) is 25.6 Å². The molecule has 2 aromatic heterocycles. The number of fused-ring (bicyclic) bond motifs is 5. The fraction of sp³-hybridized carbons (Fsp3) is 0.290. The number of amides is 1. The molecule has 210 valence electrons. The van der Waals surface area contributed by atoms with Crippen molar-refractivity contribution in [1.82, 2.24) is 14.9 Å². The van der Waals surface area contributed by atoms with E-state index in [0.29, 0.717) is 48.6 Å². The zero-order valence-electron chi connectivity index (χ0n) is 22.6. The lowest BCUT2D eigenvalue weighted by Crippen LogP contribution is -2.44. The third-order valence-electron chi connectivity index (χ3n) is 7.94. The molecule has 2 aromatic carbocycles. The van der Waals surface area contributed by atoms with Crippen LogP contribution in [-0.4, -0.2) is 33.3 Å². The molecule has 2 aliphatic heterocycles. The van der Waals surface area contributed by atoms with Crippen LogP contribution in [0.2, 0.25) is 0 Å². The van der Waals surface area contributed by atoms with Crippen molar-refractivity contribution in [3.63, 3.8) is 0 Å². The minimum absolute atomic E-state index is 0.0853. The monoisotopic (exact) mass is 665 g/mol. The SMILES string of the molecule is CCc1c2c(nc3ccc(OC(=O)NCCc4ccc(I)cc4)cc13)-c1cc3c(c(=O)n1C2)COC(=O)[C@]3(O)CC. The van der Waals surface area contributed by atoms with Gasteiger partial charge < -0.3 is 24.5 Å². The molecule has 0 spiro atoms. The van der Waals surface area contributed by atoms with Crippen molar-refractivity contribution in [2.24, 2.45) is 0 Å². The smallest absolute Gasteiger partial charge is 0.412 e. The van der Waals surface area contributed by atoms with Gasteiger partial charge in [-0.3, -0.25) is 4.79 Å². The maximum absolute atomic E-state index is 13.5. The Balaban J connectivity index is 1.30. The molecule has 41 heavy (non-hydrogen) atoms. The predicted molar refractivity (Wildman–Crippen MR) is 161 cm³/mol. The Labute approximate surface area is 249 Å². The normalized spacial score (nSPS) is 17.0. The van der Waals surface area contributed by atoms with Gasteiger partial charge in [0.15, 0.2) is 5.60 Å². The van der Waals surface area contributed by atoms with Crippen molar-refractivity contribution in [2.75, 3.05) is 6.54 Å². The second kappa shape index (κ2) is 10.6. The molecule has 0 aliphatic carbocycles. The van der Waals surface area contributed by atoms with E-state index >= 15 is 0 Å². The van der Waals surface area contributed by atoms with Gasteiger partial charge in [0, 0.05) is 26.6 Å². The number of cyclic esters (lactones) is 1. The molecule has 1 atom stereocenters. The van der Waals surface area contributed by atoms with Gasteiger partial charge in [0.2, 0.25) is 0 Å². The average molecular weight is 665 g/mol. The summed E-state index contributed by atoms with van der Waals surface area (Å²) in [6.45, 7) is 4.29. The van der Waals surface area contributed by atoms with E-state index in [-0.39, 0.29) is 29.7 Å². The summed E-state index contributed by atoms with van der Waals surface area (Å²) in [5.41, 5.74) is 3.32. The Morgan fingerprint density at radius 1 is 1.15 bits per heavy atom. The van der Waals surface area contributed by atoms with E-state index in [1.54, 1.807) is 35.8 Å². The molecule has 1 amide bonds. The Morgan fingerprint density at radius 3 is 2.66 bits per heavy atom. The largest absolute Gasteiger partial charge is 0.458 e. The van der Waals surface area contributed by atoms with E-state index in [1.165, 1.54) is 0 Å². The zero-order valence-corrected chi connectivity index (χ0v) is 24.8. The summed E-state index contributed by atoms with van der Waals surface area (Å²) in [6, 6.07) is 15.1. The molecule has 0 radical (unpaired) electrons. The molecular formula is C31H28IN3O6. The van der Waals surface area contributed by atoms with E-state index in [4.69, 9.17) is 14.5 Å². The highest BCUT2D eigenvalue weighted by Crippen LogP contribution is 2.40. The Bertz CT molecular complexity index is 1780. The number of hydrogen-bond acceptors (Lipinski definition) is 7. The van der Waals surface area contributed by atoms with Gasteiger partial charge in [0.1, 0.15) is 12.4 Å². The first kappa shape index (κ1) is 27.4. The van der Waals surface area contributed by atoms with Crippen LogP contribution in [0.4, 0.5) is 4.79 Å². The molecule has 4 heterocycles. The van der Waals surface area contributed by atoms with Crippen LogP contribution in [-0.2, 0) is 41.1 Å². The molecule has 4 aromatic rings. The first-order chi connectivity index (χ1) is 19.7. The lowest BCUT2D eigenvalue weighted by molar-refractivity contribution is -0.172. The summed E-state index contributed by atoms with van der Waals surface area (Å²) in [5, 5.41) is 14.7. The molecule has 2 aliphatic rings. The number of nitrogens with zero attached hydrogens (tertiary/aromatic N) is 2. The van der Waals surface area contributed by atoms with Gasteiger partial charge in [-0.05, 0) is 89.4 Å². The number of carbonyl (C=O) groups is 2. The molecule has 0 fully saturated rings. The highest BCUT2D eigenvalue weighted by Gasteiger charge is 2.45. The summed E-state index contributed by atoms with van der Waals surface area (Å²) in [5.74, 6) is -0.352. The fourth-order valence-electron chi connectivity index (χ4n) is 5.71. The number of aliphatic hydroxyl groups is 1. The van der Waals surface area contributed by atoms with Crippen LogP contribution < -0.4 is 15.6 Å². The van der Waals surface area contributed by atoms with Crippen molar-refractivity contribution < 1.29 is 24.2 Å². The fourth-order valence-corrected chi connectivity index (χ4v) is 6.07. The van der Waals surface area contributed by atoms with Crippen LogP contribution in [0.3, 0.4) is 0 Å². The Morgan fingerprint density at radius 2 is 1.93 bits per heavy atom. The molecule has 10 heteroatoms. The summed E-state index contributed by atoms with van der Waals surface area (Å²) in [7, 11) is 0. The first-order valence-corrected chi connectivity index (χ1v) is 14.6. The summed E-state index contributed by atoms with van der Waals surface area (Å²) in [4.78, 5) is 43.3. The molecule has 9 nitrogen and oxygen atoms in total. The number of halogens is 1. The van der Waals surface area contributed by atoms with E-state index in [2.05, 4.69) is 27.9 Å². The number of aryl methyl sites for hydroxylation is 1. The van der Waals surface area contributed by atoms with Gasteiger partial charge in [-0.15, -0.1) is 0 Å². The number of ether oxygens (including phenoxy) is 2. The quantitative estimate of drug-likeness (QED) is 0.201. The maximum Gasteiger partial charge on any atom is 0.412 e. The molecule has 0 unspecified atom stereocenters. The van der Waals surface area contributed by atoms with E-state index < -0.39 is 17.7 Å². The highest BCUT2D eigenvalue weighted by molar-refractivity contribution is 14.1. The van der Waals surface area contributed by atoms with Crippen LogP contribution in [0, 0.1) is 3.57 Å². The van der Waals surface area contributed by atoms with Crippen molar-refractivity contribution >= 4 is 45.6 Å². The van der Waals surface area contributed by atoms with Crippen molar-refractivity contribution in [3.8, 4) is 17.1 Å². The van der Waals surface area contributed by atoms with Crippen LogP contribution >= 0.6 is 22.6 Å². The van der Waals surface area contributed by atoms with E-state index in [9.17, 15) is 19.5 Å². The maximum atomic E-state index is 13.5. The molecular weight excluding hydrogens is 637 g/mol. The zero-order chi connectivity index (χ0) is 28.9. The lowest BCUT2D eigenvalue weighted by Gasteiger charge is -2.31. The van der Waals surface area contributed by atoms with Gasteiger partial charge in [0.25, 0.3) is 5.56 Å². The summed E-state index contributed by atoms with van der Waals surface area (Å²) < 4.78 is 13.5. The Kier molecular flexibility index (Phi) is 7.06. The summed E-state index contributed by atoms with van der Waals surface area (Å²) in [6.07, 6.45) is 0.906. The molecule has 2 N–H and O–H groups in total. The number of esters is 1. The van der Waals surface area contributed by atoms with Crippen LogP contribution in [0.25, 0.3) is 22.3 Å². The molecule has 0 saturated heterocycles. The molecule has 0 bridgehead atoms. The topological polar surface area (TPSA) is 120 Å². The van der Waals surface area contributed by atoms with Gasteiger partial charge in [0.05, 0.1) is 29.0 Å². The number of carbonyl (C=O) groups excluding carboxylic acids is 2. The highest BCUT2D eigenvalue weighted by atomic mass is 127. The van der Waals surface area contributed by atoms with Crippen molar-refractivity contribution in [2.45, 2.75) is 51.9 Å². The third kappa shape index (κ3) is 4.68. The molecule has 0 saturated carbocycles. The minimum atomic E-state index is -1.87. The second-order valence-electron chi connectivity index (χ2n) is 10.2. The number of hydrogen-bond donors (Lipinski definition) is 2. The van der Waals surface area contributed by atoms with Gasteiger partial charge >= 0.3 is 12.1 Å². The molecule has 6 rings (SSSR count). The van der Waals surface area contributed by atoms with Crippen molar-refractivity contribution in [3.05, 3.63) is 90.3 Å². The van der Waals surface area contributed by atoms with Crippen LogP contribution in [0.15, 0.2) is 53.3 Å². The minimum Gasteiger partial charge on any atom is -0.458 e. The van der Waals surface area contributed by atoms with Gasteiger partial charge in [-0.2, -0.15) is 0 Å². The second-order valence-corrected chi connectivity index (χ2v) is 11.5. The summed E-state index contributed by atoms with van der Waals surface area (Å²) >= 11 is 2.26. The standard InChI is InChI=1S/C31H28IN3O6/c1-3-20-21-13-19(41-30(38)33-12-11-17-5-7-18(32)8-6-17)9-10-25(21)34-27-22(20)15-35-26(27)14-24-23(28(35)36)16-40-29(37)31(24,39)4-2/h5-10,13-14,39H,3-4,11-12,15-16H2,1-2H3,(H,33,38)/t31-/m0/s1. The number of pyridine rings is 2. The van der Waals surface area contributed by atoms with E-state index in [1.807, 2.05) is 31.2 Å². The number of aromatic nitrogens is 2. The van der Waals surface area contributed by atoms with Crippen LogP contribution in [0.1, 0.15) is 48.1 Å². The first-order valence-electron chi connectivity index (χ1n) is 13.6. The third-order valence-corrected chi connectivity index (χ3v) is 8.66. The van der Waals surface area contributed by atoms with Crippen LogP contribution in [0.5, 0.6) is 5.75 Å². The number of rotatable bonds is 6. The Hall–Kier alpha value is -3.77. The van der Waals surface area contributed by atoms with Gasteiger partial charge in [-0.1, -0.05) is 26.0 Å².